The van der Waals surface area contributed by atoms with Crippen LogP contribution in [0.5, 0.6) is 0 Å². The van der Waals surface area contributed by atoms with E-state index in [9.17, 15) is 4.79 Å². The van der Waals surface area contributed by atoms with E-state index in [1.54, 1.807) is 0 Å². The van der Waals surface area contributed by atoms with Crippen molar-refractivity contribution in [1.82, 2.24) is 0 Å². The highest BCUT2D eigenvalue weighted by atomic mass is 16.5. The highest BCUT2D eigenvalue weighted by molar-refractivity contribution is 5.72. The minimum atomic E-state index is -0.834. The van der Waals surface area contributed by atoms with Crippen LogP contribution in [0.4, 0.5) is 0 Å². The molecule has 1 N–H and O–H groups in total. The quantitative estimate of drug-likeness (QED) is 0.566. The van der Waals surface area contributed by atoms with Gasteiger partial charge in [0.2, 0.25) is 0 Å². The molecule has 0 aromatic rings. The van der Waals surface area contributed by atoms with Gasteiger partial charge in [-0.1, -0.05) is 0 Å². The lowest BCUT2D eigenvalue weighted by atomic mass is 10.2. The molecule has 0 aromatic heterocycles. The molecule has 3 heteroatoms. The summed E-state index contributed by atoms with van der Waals surface area (Å²) in [5.41, 5.74) is 0. The fourth-order valence-electron chi connectivity index (χ4n) is 0.984. The molecule has 1 saturated heterocycles. The van der Waals surface area contributed by atoms with Crippen LogP contribution in [0.1, 0.15) is 19.8 Å². The topological polar surface area (TPSA) is 46.5 Å². The van der Waals surface area contributed by atoms with Crippen LogP contribution in [-0.4, -0.2) is 23.3 Å². The number of carbonyl (C=O) groups is 1. The minimum Gasteiger partial charge on any atom is -0.479 e. The number of rotatable bonds is 1. The van der Waals surface area contributed by atoms with Crippen molar-refractivity contribution in [2.24, 2.45) is 0 Å². The van der Waals surface area contributed by atoms with Gasteiger partial charge in [0.15, 0.2) is 6.10 Å². The molecule has 0 aromatic carbocycles. The van der Waals surface area contributed by atoms with Gasteiger partial charge in [0.1, 0.15) is 0 Å². The van der Waals surface area contributed by atoms with Crippen molar-refractivity contribution in [2.75, 3.05) is 0 Å². The molecule has 1 heterocycles. The zero-order chi connectivity index (χ0) is 6.85. The van der Waals surface area contributed by atoms with Crippen molar-refractivity contribution in [3.05, 3.63) is 0 Å². The van der Waals surface area contributed by atoms with E-state index >= 15 is 0 Å². The molecule has 2 unspecified atom stereocenters. The molecule has 0 amide bonds. The molecule has 0 aliphatic carbocycles. The summed E-state index contributed by atoms with van der Waals surface area (Å²) in [5.74, 6) is -0.834. The maximum Gasteiger partial charge on any atom is 0.332 e. The Labute approximate surface area is 53.6 Å². The fraction of sp³-hybridized carbons (Fsp3) is 0.833. The van der Waals surface area contributed by atoms with Crippen molar-refractivity contribution in [1.29, 1.82) is 0 Å². The summed E-state index contributed by atoms with van der Waals surface area (Å²) in [6.45, 7) is 1.89. The van der Waals surface area contributed by atoms with Gasteiger partial charge in [0, 0.05) is 0 Å². The maximum absolute atomic E-state index is 10.2. The third-order valence-corrected chi connectivity index (χ3v) is 1.51. The van der Waals surface area contributed by atoms with E-state index in [2.05, 4.69) is 0 Å². The van der Waals surface area contributed by atoms with Crippen LogP contribution in [0, 0.1) is 0 Å². The molecule has 0 radical (unpaired) electrons. The van der Waals surface area contributed by atoms with Crippen LogP contribution in [0.15, 0.2) is 0 Å². The van der Waals surface area contributed by atoms with Gasteiger partial charge in [0.25, 0.3) is 0 Å². The molecule has 52 valence electrons. The second-order valence-corrected chi connectivity index (χ2v) is 2.35. The number of hydrogen-bond acceptors (Lipinski definition) is 2. The Morgan fingerprint density at radius 1 is 1.67 bits per heavy atom. The molecule has 2 atom stereocenters. The Morgan fingerprint density at radius 3 is 2.56 bits per heavy atom. The Kier molecular flexibility index (Phi) is 1.71. The highest BCUT2D eigenvalue weighted by Crippen LogP contribution is 2.18. The Hall–Kier alpha value is -0.570. The van der Waals surface area contributed by atoms with Gasteiger partial charge in [0.05, 0.1) is 6.10 Å². The van der Waals surface area contributed by atoms with E-state index in [4.69, 9.17) is 9.84 Å². The molecular weight excluding hydrogens is 120 g/mol. The van der Waals surface area contributed by atoms with Crippen molar-refractivity contribution in [3.63, 3.8) is 0 Å². The summed E-state index contributed by atoms with van der Waals surface area (Å²) in [6.07, 6.45) is 1.12. The number of ether oxygens (including phenoxy) is 1. The van der Waals surface area contributed by atoms with Crippen LogP contribution in [-0.2, 0) is 9.53 Å². The second kappa shape index (κ2) is 2.35. The van der Waals surface area contributed by atoms with Crippen LogP contribution in [0.2, 0.25) is 0 Å². The third kappa shape index (κ3) is 1.42. The molecule has 9 heavy (non-hydrogen) atoms. The Bertz CT molecular complexity index is 121. The molecule has 1 aliphatic heterocycles. The average Bonchev–Trinajstić information content (AvgIpc) is 2.14. The summed E-state index contributed by atoms with van der Waals surface area (Å²) in [7, 11) is 0. The molecule has 0 spiro atoms. The number of carboxylic acid groups (broad SMARTS) is 1. The van der Waals surface area contributed by atoms with E-state index in [0.29, 0.717) is 6.42 Å². The van der Waals surface area contributed by atoms with Gasteiger partial charge in [-0.05, 0) is 19.8 Å². The maximum atomic E-state index is 10.2. The van der Waals surface area contributed by atoms with E-state index in [-0.39, 0.29) is 6.10 Å². The van der Waals surface area contributed by atoms with Crippen molar-refractivity contribution in [2.45, 2.75) is 32.0 Å². The van der Waals surface area contributed by atoms with E-state index in [0.717, 1.165) is 6.42 Å². The molecular formula is C6H10O3. The van der Waals surface area contributed by atoms with E-state index < -0.39 is 12.1 Å². The fourth-order valence-corrected chi connectivity index (χ4v) is 0.984. The molecule has 3 nitrogen and oxygen atoms in total. The van der Waals surface area contributed by atoms with Gasteiger partial charge in [-0.2, -0.15) is 0 Å². The van der Waals surface area contributed by atoms with Crippen molar-refractivity contribution < 1.29 is 14.6 Å². The molecule has 1 fully saturated rings. The van der Waals surface area contributed by atoms with Crippen molar-refractivity contribution in [3.8, 4) is 0 Å². The molecule has 1 aliphatic rings. The Morgan fingerprint density at radius 2 is 2.33 bits per heavy atom. The normalized spacial score (nSPS) is 34.8. The van der Waals surface area contributed by atoms with E-state index in [1.165, 1.54) is 0 Å². The first kappa shape index (κ1) is 6.55. The van der Waals surface area contributed by atoms with Crippen LogP contribution in [0.3, 0.4) is 0 Å². The standard InChI is InChI=1S/C6H10O3/c1-4-2-3-5(9-4)6(7)8/h4-5H,2-3H2,1H3,(H,7,8). The first-order valence-corrected chi connectivity index (χ1v) is 3.08. The monoisotopic (exact) mass is 130 g/mol. The van der Waals surface area contributed by atoms with Gasteiger partial charge in [-0.15, -0.1) is 0 Å². The molecule has 0 saturated carbocycles. The first-order valence-electron chi connectivity index (χ1n) is 3.08. The van der Waals surface area contributed by atoms with E-state index in [1.807, 2.05) is 6.92 Å². The zero-order valence-electron chi connectivity index (χ0n) is 5.33. The number of aliphatic carboxylic acids is 1. The van der Waals surface area contributed by atoms with Crippen LogP contribution in [0.25, 0.3) is 0 Å². The van der Waals surface area contributed by atoms with Crippen LogP contribution >= 0.6 is 0 Å². The molecule has 0 bridgehead atoms. The van der Waals surface area contributed by atoms with Crippen LogP contribution < -0.4 is 0 Å². The predicted octanol–water partition coefficient (Wildman–Crippen LogP) is 0.639. The summed E-state index contributed by atoms with van der Waals surface area (Å²) in [5, 5.41) is 8.41. The summed E-state index contributed by atoms with van der Waals surface area (Å²) in [4.78, 5) is 10.2. The van der Waals surface area contributed by atoms with Crippen molar-refractivity contribution >= 4 is 5.97 Å². The van der Waals surface area contributed by atoms with Gasteiger partial charge in [-0.3, -0.25) is 0 Å². The minimum absolute atomic E-state index is 0.131. The predicted molar refractivity (Wildman–Crippen MR) is 31.2 cm³/mol. The third-order valence-electron chi connectivity index (χ3n) is 1.51. The summed E-state index contributed by atoms with van der Waals surface area (Å²) < 4.78 is 5.02. The lowest BCUT2D eigenvalue weighted by molar-refractivity contribution is -0.149. The lowest BCUT2D eigenvalue weighted by Crippen LogP contribution is -2.19. The summed E-state index contributed by atoms with van der Waals surface area (Å²) >= 11 is 0. The number of carboxylic acids is 1. The largest absolute Gasteiger partial charge is 0.479 e. The zero-order valence-corrected chi connectivity index (χ0v) is 5.33. The SMILES string of the molecule is CC1CCC(C(=O)O)O1. The first-order chi connectivity index (χ1) is 4.20. The number of hydrogen-bond donors (Lipinski definition) is 1. The Balaban J connectivity index is 2.39. The smallest absolute Gasteiger partial charge is 0.332 e. The molecule has 1 rings (SSSR count). The highest BCUT2D eigenvalue weighted by Gasteiger charge is 2.27. The van der Waals surface area contributed by atoms with Gasteiger partial charge in [-0.25, -0.2) is 4.79 Å². The lowest BCUT2D eigenvalue weighted by Gasteiger charge is -2.03. The van der Waals surface area contributed by atoms with Gasteiger partial charge < -0.3 is 9.84 Å². The average molecular weight is 130 g/mol. The second-order valence-electron chi connectivity index (χ2n) is 2.35. The van der Waals surface area contributed by atoms with Gasteiger partial charge >= 0.3 is 5.97 Å². The summed E-state index contributed by atoms with van der Waals surface area (Å²) in [6, 6.07) is 0.